The second-order valence-electron chi connectivity index (χ2n) is 10.5. The van der Waals surface area contributed by atoms with Crippen LogP contribution >= 0.6 is 0 Å². The van der Waals surface area contributed by atoms with E-state index in [1.54, 1.807) is 18.3 Å². The van der Waals surface area contributed by atoms with Gasteiger partial charge in [0.15, 0.2) is 5.82 Å². The standard InChI is InChI=1S/C31H27FN4O2/c32-27-28(25-14-23(37)13-22-8-4-5-9-24(22)25)33-15-26-29(27)34-31(38-18-19-6-2-1-3-7-19)35-30(26)36-16-20-10-11-21(12-20)17-36/h1-9,13-15,20-21,37H,10-12,16-18H2. The van der Waals surface area contributed by atoms with Gasteiger partial charge in [-0.15, -0.1) is 0 Å². The van der Waals surface area contributed by atoms with Crippen LogP contribution in [0.3, 0.4) is 0 Å². The summed E-state index contributed by atoms with van der Waals surface area (Å²) in [4.78, 5) is 16.2. The van der Waals surface area contributed by atoms with Crippen LogP contribution in [0.5, 0.6) is 11.8 Å². The molecule has 190 valence electrons. The van der Waals surface area contributed by atoms with Crippen molar-refractivity contribution in [2.24, 2.45) is 11.8 Å². The summed E-state index contributed by atoms with van der Waals surface area (Å²) in [5.74, 6) is 1.44. The van der Waals surface area contributed by atoms with Crippen molar-refractivity contribution >= 4 is 27.5 Å². The molecule has 3 heterocycles. The Bertz CT molecular complexity index is 1650. The van der Waals surface area contributed by atoms with E-state index in [9.17, 15) is 5.11 Å². The molecule has 6 nitrogen and oxygen atoms in total. The number of aromatic nitrogens is 3. The van der Waals surface area contributed by atoms with Gasteiger partial charge in [-0.25, -0.2) is 4.39 Å². The first-order valence-electron chi connectivity index (χ1n) is 13.1. The molecule has 1 saturated heterocycles. The van der Waals surface area contributed by atoms with Crippen LogP contribution in [0, 0.1) is 17.7 Å². The number of ether oxygens (including phenoxy) is 1. The van der Waals surface area contributed by atoms with E-state index in [-0.39, 0.29) is 29.6 Å². The van der Waals surface area contributed by atoms with Crippen molar-refractivity contribution in [2.45, 2.75) is 25.9 Å². The molecule has 1 N–H and O–H groups in total. The fourth-order valence-corrected chi connectivity index (χ4v) is 6.11. The summed E-state index contributed by atoms with van der Waals surface area (Å²) in [6.45, 7) is 2.07. The normalized spacial score (nSPS) is 18.8. The van der Waals surface area contributed by atoms with Crippen LogP contribution in [0.15, 0.2) is 72.9 Å². The van der Waals surface area contributed by atoms with Gasteiger partial charge in [-0.2, -0.15) is 9.97 Å². The molecule has 2 aromatic heterocycles. The second kappa shape index (κ2) is 9.24. The van der Waals surface area contributed by atoms with Crippen molar-refractivity contribution in [2.75, 3.05) is 18.0 Å². The van der Waals surface area contributed by atoms with E-state index in [1.807, 2.05) is 54.6 Å². The maximum Gasteiger partial charge on any atom is 0.319 e. The van der Waals surface area contributed by atoms with Crippen molar-refractivity contribution in [1.82, 2.24) is 15.0 Å². The summed E-state index contributed by atoms with van der Waals surface area (Å²) < 4.78 is 22.4. The Kier molecular flexibility index (Phi) is 5.57. The highest BCUT2D eigenvalue weighted by Gasteiger charge is 2.34. The largest absolute Gasteiger partial charge is 0.508 e. The first-order valence-corrected chi connectivity index (χ1v) is 13.1. The molecule has 1 aliphatic carbocycles. The smallest absolute Gasteiger partial charge is 0.319 e. The summed E-state index contributed by atoms with van der Waals surface area (Å²) in [5.41, 5.74) is 1.81. The zero-order valence-electron chi connectivity index (χ0n) is 20.8. The number of piperidine rings is 1. The van der Waals surface area contributed by atoms with Crippen molar-refractivity contribution in [3.63, 3.8) is 0 Å². The number of aromatic hydroxyl groups is 1. The van der Waals surface area contributed by atoms with Gasteiger partial charge in [0.2, 0.25) is 0 Å². The molecule has 2 aliphatic rings. The van der Waals surface area contributed by atoms with Gasteiger partial charge >= 0.3 is 6.01 Å². The molecule has 5 aromatic rings. The Morgan fingerprint density at radius 1 is 0.921 bits per heavy atom. The number of fused-ring (bicyclic) bond motifs is 4. The minimum atomic E-state index is -0.550. The van der Waals surface area contributed by atoms with Gasteiger partial charge in [-0.3, -0.25) is 4.98 Å². The van der Waals surface area contributed by atoms with Crippen LogP contribution in [-0.2, 0) is 6.61 Å². The molecule has 2 unspecified atom stereocenters. The lowest BCUT2D eigenvalue weighted by molar-refractivity contribution is 0.281. The van der Waals surface area contributed by atoms with Gasteiger partial charge in [0, 0.05) is 24.8 Å². The highest BCUT2D eigenvalue weighted by Crippen LogP contribution is 2.41. The number of halogens is 1. The number of rotatable bonds is 5. The zero-order chi connectivity index (χ0) is 25.6. The number of phenols is 1. The summed E-state index contributed by atoms with van der Waals surface area (Å²) in [5, 5.41) is 12.6. The highest BCUT2D eigenvalue weighted by molar-refractivity contribution is 5.99. The van der Waals surface area contributed by atoms with E-state index in [2.05, 4.69) is 14.9 Å². The predicted octanol–water partition coefficient (Wildman–Crippen LogP) is 6.51. The quantitative estimate of drug-likeness (QED) is 0.293. The van der Waals surface area contributed by atoms with E-state index in [0.29, 0.717) is 28.6 Å². The van der Waals surface area contributed by atoms with Crippen molar-refractivity contribution in [3.8, 4) is 23.0 Å². The number of anilines is 1. The van der Waals surface area contributed by atoms with E-state index in [4.69, 9.17) is 9.72 Å². The molecule has 38 heavy (non-hydrogen) atoms. The van der Waals surface area contributed by atoms with Gasteiger partial charge in [0.05, 0.1) is 5.39 Å². The zero-order valence-corrected chi connectivity index (χ0v) is 20.8. The van der Waals surface area contributed by atoms with Crippen molar-refractivity contribution in [3.05, 3.63) is 84.3 Å². The molecule has 2 atom stereocenters. The Hall–Kier alpha value is -4.26. The SMILES string of the molecule is Oc1cc(-c2ncc3c(N4CC5CCC(C5)C4)nc(OCc4ccccc4)nc3c2F)c2ccccc2c1. The molecule has 0 amide bonds. The van der Waals surface area contributed by atoms with Gasteiger partial charge in [-0.1, -0.05) is 54.6 Å². The van der Waals surface area contributed by atoms with Crippen molar-refractivity contribution < 1.29 is 14.2 Å². The second-order valence-corrected chi connectivity index (χ2v) is 10.5. The number of nitrogens with zero attached hydrogens (tertiary/aromatic N) is 4. The Morgan fingerprint density at radius 2 is 1.68 bits per heavy atom. The highest BCUT2D eigenvalue weighted by atomic mass is 19.1. The third-order valence-electron chi connectivity index (χ3n) is 7.86. The molecular formula is C31H27FN4O2. The van der Waals surface area contributed by atoms with Crippen LogP contribution in [-0.4, -0.2) is 33.1 Å². The predicted molar refractivity (Wildman–Crippen MR) is 146 cm³/mol. The number of hydrogen-bond acceptors (Lipinski definition) is 6. The first-order chi connectivity index (χ1) is 18.6. The minimum Gasteiger partial charge on any atom is -0.508 e. The lowest BCUT2D eigenvalue weighted by Crippen LogP contribution is -2.37. The van der Waals surface area contributed by atoms with Gasteiger partial charge < -0.3 is 14.7 Å². The van der Waals surface area contributed by atoms with Crippen LogP contribution < -0.4 is 9.64 Å². The van der Waals surface area contributed by atoms with Crippen LogP contribution in [0.1, 0.15) is 24.8 Å². The van der Waals surface area contributed by atoms with Crippen LogP contribution in [0.4, 0.5) is 10.2 Å². The first kappa shape index (κ1) is 22.9. The molecule has 0 radical (unpaired) electrons. The monoisotopic (exact) mass is 506 g/mol. The molecule has 3 aromatic carbocycles. The molecule has 2 bridgehead atoms. The average molecular weight is 507 g/mol. The molecule has 7 heteroatoms. The summed E-state index contributed by atoms with van der Waals surface area (Å²) >= 11 is 0. The fraction of sp³-hybridized carbons (Fsp3) is 0.258. The molecule has 1 aliphatic heterocycles. The van der Waals surface area contributed by atoms with Crippen LogP contribution in [0.2, 0.25) is 0 Å². The third-order valence-corrected chi connectivity index (χ3v) is 7.86. The third kappa shape index (κ3) is 4.08. The Labute approximate surface area is 219 Å². The summed E-state index contributed by atoms with van der Waals surface area (Å²) in [7, 11) is 0. The topological polar surface area (TPSA) is 71.4 Å². The molecule has 0 spiro atoms. The maximum atomic E-state index is 16.4. The maximum absolute atomic E-state index is 16.4. The number of pyridine rings is 1. The van der Waals surface area contributed by atoms with E-state index in [1.165, 1.54) is 19.3 Å². The van der Waals surface area contributed by atoms with Gasteiger partial charge in [-0.05, 0) is 59.6 Å². The minimum absolute atomic E-state index is 0.0547. The lowest BCUT2D eigenvalue weighted by atomic mass is 9.98. The van der Waals surface area contributed by atoms with Crippen LogP contribution in [0.25, 0.3) is 32.9 Å². The molecular weight excluding hydrogens is 479 g/mol. The van der Waals surface area contributed by atoms with Crippen molar-refractivity contribution in [1.29, 1.82) is 0 Å². The van der Waals surface area contributed by atoms with E-state index >= 15 is 4.39 Å². The van der Waals surface area contributed by atoms with Gasteiger partial charge in [0.1, 0.15) is 29.4 Å². The molecule has 7 rings (SSSR count). The summed E-state index contributed by atoms with van der Waals surface area (Å²) in [6.07, 6.45) is 5.36. The van der Waals surface area contributed by atoms with E-state index < -0.39 is 5.82 Å². The number of phenolic OH excluding ortho intramolecular Hbond substituents is 1. The lowest BCUT2D eigenvalue weighted by Gasteiger charge is -2.33. The van der Waals surface area contributed by atoms with E-state index in [0.717, 1.165) is 29.4 Å². The summed E-state index contributed by atoms with van der Waals surface area (Å²) in [6, 6.07) is 20.7. The molecule has 2 fully saturated rings. The Morgan fingerprint density at radius 3 is 2.50 bits per heavy atom. The fourth-order valence-electron chi connectivity index (χ4n) is 6.11. The molecule has 1 saturated carbocycles. The Balaban J connectivity index is 1.38. The number of benzene rings is 3. The number of hydrogen-bond donors (Lipinski definition) is 1. The van der Waals surface area contributed by atoms with Gasteiger partial charge in [0.25, 0.3) is 0 Å². The average Bonchev–Trinajstić information content (AvgIpc) is 3.29.